The highest BCUT2D eigenvalue weighted by Crippen LogP contribution is 2.22. The first-order valence-corrected chi connectivity index (χ1v) is 12.2. The molecule has 4 N–H and O–H groups in total. The number of amidine groups is 1. The molecule has 8 nitrogen and oxygen atoms in total. The largest absolute Gasteiger partial charge is 0.542 e. The van der Waals surface area contributed by atoms with Crippen molar-refractivity contribution in [1.82, 2.24) is 14.4 Å². The summed E-state index contributed by atoms with van der Waals surface area (Å²) < 4.78 is 34.3. The van der Waals surface area contributed by atoms with E-state index in [1.165, 1.54) is 5.69 Å². The zero-order valence-corrected chi connectivity index (χ0v) is 22.3. The maximum Gasteiger partial charge on any atom is 0.430 e. The van der Waals surface area contributed by atoms with E-state index in [1.54, 1.807) is 0 Å². The molecule has 0 fully saturated rings. The minimum atomic E-state index is -5.19. The monoisotopic (exact) mass is 553 g/mol. The highest BCUT2D eigenvalue weighted by atomic mass is 19.4. The van der Waals surface area contributed by atoms with Gasteiger partial charge in [-0.05, 0) is 41.5 Å². The number of nitrogens with two attached hydrogens (primary N) is 1. The molecule has 0 spiro atoms. The molecule has 210 valence electrons. The van der Waals surface area contributed by atoms with Gasteiger partial charge in [0.15, 0.2) is 0 Å². The lowest BCUT2D eigenvalue weighted by molar-refractivity contribution is -0.344. The Labute approximate surface area is 229 Å². The third-order valence-corrected chi connectivity index (χ3v) is 6.02. The third-order valence-electron chi connectivity index (χ3n) is 6.02. The summed E-state index contributed by atoms with van der Waals surface area (Å²) in [4.78, 5) is 22.0. The molecule has 1 amide bonds. The number of hydrogen-bond acceptors (Lipinski definition) is 4. The Balaban J connectivity index is 0.000000559. The molecular weight excluding hydrogens is 523 g/mol. The first-order chi connectivity index (χ1) is 18.7. The van der Waals surface area contributed by atoms with Gasteiger partial charge in [0.1, 0.15) is 23.2 Å². The third kappa shape index (κ3) is 7.70. The van der Waals surface area contributed by atoms with Crippen LogP contribution in [0.25, 0.3) is 10.9 Å². The fraction of sp³-hybridized carbons (Fsp3) is 0.207. The molecule has 0 unspecified atom stereocenters. The van der Waals surface area contributed by atoms with Gasteiger partial charge >= 0.3 is 6.18 Å². The number of alkyl halides is 3. The topological polar surface area (TPSA) is 124 Å². The van der Waals surface area contributed by atoms with Gasteiger partial charge in [-0.1, -0.05) is 48.5 Å². The Morgan fingerprint density at radius 2 is 1.57 bits per heavy atom. The van der Waals surface area contributed by atoms with Crippen LogP contribution in [0.3, 0.4) is 0 Å². The van der Waals surface area contributed by atoms with Gasteiger partial charge in [0, 0.05) is 29.6 Å². The Morgan fingerprint density at radius 3 is 2.15 bits per heavy atom. The minimum absolute atomic E-state index is 0.0310. The molecule has 0 saturated carbocycles. The molecule has 0 aliphatic heterocycles. The Kier molecular flexibility index (Phi) is 9.00. The zero-order chi connectivity index (χ0) is 29.7. The number of carbonyl (C=O) groups is 2. The second kappa shape index (κ2) is 12.0. The molecule has 1 aromatic heterocycles. The number of rotatable bonds is 7. The molecule has 0 saturated heterocycles. The van der Waals surface area contributed by atoms with Crippen LogP contribution in [0, 0.1) is 5.41 Å². The van der Waals surface area contributed by atoms with E-state index < -0.39 is 12.1 Å². The maximum absolute atomic E-state index is 13.2. The Bertz CT molecular complexity index is 1520. The molecule has 40 heavy (non-hydrogen) atoms. The van der Waals surface area contributed by atoms with Gasteiger partial charge in [0.05, 0.1) is 21.1 Å². The smallest absolute Gasteiger partial charge is 0.430 e. The summed E-state index contributed by atoms with van der Waals surface area (Å²) in [6.07, 6.45) is -5.19. The number of aromatic nitrogens is 1. The SMILES string of the molecule is C[N+](C)(C)c1ccc(CNC(=O)c2cc3ccccc3n2Cc2cccc(C(=N)N)c2)cc1.O=C([O-])C(F)(F)F. The number of para-hydroxylation sites is 1. The van der Waals surface area contributed by atoms with Crippen LogP contribution in [-0.4, -0.2) is 49.6 Å². The van der Waals surface area contributed by atoms with Crippen molar-refractivity contribution < 1.29 is 27.9 Å². The normalized spacial score (nSPS) is 11.4. The number of amides is 1. The summed E-state index contributed by atoms with van der Waals surface area (Å²) in [7, 11) is 6.38. The Morgan fingerprint density at radius 1 is 0.950 bits per heavy atom. The molecule has 0 bridgehead atoms. The van der Waals surface area contributed by atoms with E-state index in [0.717, 1.165) is 26.5 Å². The summed E-state index contributed by atoms with van der Waals surface area (Å²) in [5.74, 6) is -3.10. The summed E-state index contributed by atoms with van der Waals surface area (Å²) in [5.41, 5.74) is 11.2. The van der Waals surface area contributed by atoms with E-state index in [-0.39, 0.29) is 11.7 Å². The summed E-state index contributed by atoms with van der Waals surface area (Å²) in [6.45, 7) is 0.965. The van der Waals surface area contributed by atoms with Crippen molar-refractivity contribution in [1.29, 1.82) is 5.41 Å². The summed E-state index contributed by atoms with van der Waals surface area (Å²) in [5, 5.41) is 20.6. The molecule has 0 aliphatic rings. The quantitative estimate of drug-likeness (QED) is 0.184. The van der Waals surface area contributed by atoms with Crippen LogP contribution in [0.1, 0.15) is 27.2 Å². The first kappa shape index (κ1) is 29.9. The van der Waals surface area contributed by atoms with Crippen molar-refractivity contribution in [3.8, 4) is 0 Å². The molecule has 11 heteroatoms. The van der Waals surface area contributed by atoms with E-state index in [4.69, 9.17) is 21.0 Å². The number of carboxylic acids is 1. The van der Waals surface area contributed by atoms with Gasteiger partial charge in [-0.2, -0.15) is 13.2 Å². The molecular formula is C29H30F3N5O3. The number of halogens is 3. The van der Waals surface area contributed by atoms with Gasteiger partial charge in [0.2, 0.25) is 0 Å². The van der Waals surface area contributed by atoms with Gasteiger partial charge < -0.3 is 25.5 Å². The fourth-order valence-corrected chi connectivity index (χ4v) is 3.92. The van der Waals surface area contributed by atoms with Crippen LogP contribution in [0.5, 0.6) is 0 Å². The van der Waals surface area contributed by atoms with E-state index in [1.807, 2.05) is 59.2 Å². The first-order valence-electron chi connectivity index (χ1n) is 12.2. The number of hydrogen-bond donors (Lipinski definition) is 3. The summed E-state index contributed by atoms with van der Waals surface area (Å²) in [6, 6.07) is 25.8. The van der Waals surface area contributed by atoms with Crippen molar-refractivity contribution >= 4 is 34.3 Å². The molecule has 4 rings (SSSR count). The van der Waals surface area contributed by atoms with Crippen molar-refractivity contribution in [3.05, 3.63) is 101 Å². The van der Waals surface area contributed by atoms with Crippen molar-refractivity contribution in [3.63, 3.8) is 0 Å². The fourth-order valence-electron chi connectivity index (χ4n) is 3.92. The van der Waals surface area contributed by atoms with Crippen LogP contribution in [0.2, 0.25) is 0 Å². The van der Waals surface area contributed by atoms with E-state index in [0.29, 0.717) is 24.3 Å². The average Bonchev–Trinajstić information content (AvgIpc) is 3.25. The van der Waals surface area contributed by atoms with Gasteiger partial charge in [-0.3, -0.25) is 14.7 Å². The number of aliphatic carboxylic acids is 1. The van der Waals surface area contributed by atoms with E-state index >= 15 is 0 Å². The maximum atomic E-state index is 13.2. The highest BCUT2D eigenvalue weighted by Gasteiger charge is 2.28. The lowest BCUT2D eigenvalue weighted by Crippen LogP contribution is -2.37. The second-order valence-electron chi connectivity index (χ2n) is 9.94. The van der Waals surface area contributed by atoms with Crippen LogP contribution in [0.4, 0.5) is 18.9 Å². The number of carboxylic acid groups (broad SMARTS) is 1. The van der Waals surface area contributed by atoms with Crippen molar-refractivity contribution in [2.45, 2.75) is 19.3 Å². The predicted octanol–water partition coefficient (Wildman–Crippen LogP) is 3.40. The van der Waals surface area contributed by atoms with Gasteiger partial charge in [-0.25, -0.2) is 0 Å². The predicted molar refractivity (Wildman–Crippen MR) is 147 cm³/mol. The van der Waals surface area contributed by atoms with Gasteiger partial charge in [-0.15, -0.1) is 0 Å². The molecule has 0 radical (unpaired) electrons. The number of fused-ring (bicyclic) bond motifs is 1. The van der Waals surface area contributed by atoms with Crippen LogP contribution in [-0.2, 0) is 17.9 Å². The van der Waals surface area contributed by atoms with Crippen LogP contribution >= 0.6 is 0 Å². The van der Waals surface area contributed by atoms with Crippen molar-refractivity contribution in [2.75, 3.05) is 21.1 Å². The molecule has 0 aliphatic carbocycles. The number of nitrogens with zero attached hydrogens (tertiary/aromatic N) is 2. The van der Waals surface area contributed by atoms with Crippen molar-refractivity contribution in [2.24, 2.45) is 5.73 Å². The molecule has 3 aromatic carbocycles. The molecule has 0 atom stereocenters. The Hall–Kier alpha value is -4.64. The number of nitrogen functional groups attached to an aromatic ring is 1. The van der Waals surface area contributed by atoms with Crippen LogP contribution in [0.15, 0.2) is 78.9 Å². The lowest BCUT2D eigenvalue weighted by atomic mass is 10.1. The van der Waals surface area contributed by atoms with E-state index in [9.17, 15) is 18.0 Å². The number of carbonyl (C=O) groups excluding carboxylic acids is 2. The standard InChI is InChI=1S/C27H29N5O.C2HF3O2/c1-32(2,3)23-13-11-19(12-14-23)17-30-27(33)25-16-21-8-4-5-10-24(21)31(25)18-20-7-6-9-22(15-20)26(28)29;3-2(4,5)1(6)7/h4-16H,17-18H2,1-3H3,(H3-,28,29,30,33);(H,6,7). The molecule has 1 heterocycles. The summed E-state index contributed by atoms with van der Waals surface area (Å²) >= 11 is 0. The van der Waals surface area contributed by atoms with E-state index in [2.05, 4.69) is 50.7 Å². The minimum Gasteiger partial charge on any atom is -0.542 e. The zero-order valence-electron chi connectivity index (χ0n) is 22.3. The molecule has 4 aromatic rings. The second-order valence-corrected chi connectivity index (χ2v) is 9.94. The number of quaternary nitrogens is 1. The van der Waals surface area contributed by atoms with Gasteiger partial charge in [0.25, 0.3) is 5.91 Å². The lowest BCUT2D eigenvalue weighted by Gasteiger charge is -2.23. The van der Waals surface area contributed by atoms with Crippen LogP contribution < -0.4 is 20.6 Å². The average molecular weight is 554 g/mol. The number of nitrogens with one attached hydrogen (secondary N) is 2. The number of benzene rings is 3. The highest BCUT2D eigenvalue weighted by molar-refractivity contribution is 5.99.